The first-order valence-corrected chi connectivity index (χ1v) is 7.35. The minimum Gasteiger partial charge on any atom is -0.326 e. The minimum atomic E-state index is 0.646. The van der Waals surface area contributed by atoms with Crippen LogP contribution in [-0.4, -0.2) is 16.1 Å². The molecule has 0 fully saturated rings. The first-order chi connectivity index (χ1) is 9.13. The third-order valence-electron chi connectivity index (χ3n) is 3.08. The van der Waals surface area contributed by atoms with Crippen LogP contribution in [0.1, 0.15) is 33.0 Å². The van der Waals surface area contributed by atoms with Crippen molar-refractivity contribution in [2.45, 2.75) is 40.3 Å². The number of halogens is 1. The maximum absolute atomic E-state index is 6.31. The molecule has 1 N–H and O–H groups in total. The summed E-state index contributed by atoms with van der Waals surface area (Å²) in [5.74, 6) is 1.72. The van der Waals surface area contributed by atoms with Crippen molar-refractivity contribution in [2.75, 3.05) is 6.54 Å². The highest BCUT2D eigenvalue weighted by Gasteiger charge is 2.12. The summed E-state index contributed by atoms with van der Waals surface area (Å²) in [6.07, 6.45) is 1.08. The van der Waals surface area contributed by atoms with Crippen molar-refractivity contribution in [3.8, 4) is 0 Å². The van der Waals surface area contributed by atoms with Gasteiger partial charge in [-0.05, 0) is 31.0 Å². The highest BCUT2D eigenvalue weighted by molar-refractivity contribution is 6.35. The molecule has 0 aliphatic heterocycles. The van der Waals surface area contributed by atoms with Gasteiger partial charge in [0.1, 0.15) is 5.82 Å². The van der Waals surface area contributed by atoms with E-state index < -0.39 is 0 Å². The molecular weight excluding hydrogens is 258 g/mol. The van der Waals surface area contributed by atoms with Crippen LogP contribution in [0.15, 0.2) is 18.2 Å². The van der Waals surface area contributed by atoms with Crippen molar-refractivity contribution < 1.29 is 0 Å². The Morgan fingerprint density at radius 1 is 1.37 bits per heavy atom. The van der Waals surface area contributed by atoms with Crippen LogP contribution in [0.25, 0.3) is 11.0 Å². The van der Waals surface area contributed by atoms with E-state index in [1.165, 1.54) is 0 Å². The molecule has 0 atom stereocenters. The quantitative estimate of drug-likeness (QED) is 0.870. The SMILES string of the molecule is CCCn1c(CNCC(C)C)nc2cccc(Cl)c21. The van der Waals surface area contributed by atoms with Crippen molar-refractivity contribution in [3.05, 3.63) is 29.0 Å². The Morgan fingerprint density at radius 3 is 2.84 bits per heavy atom. The number of benzene rings is 1. The molecule has 0 bridgehead atoms. The first-order valence-electron chi connectivity index (χ1n) is 6.97. The summed E-state index contributed by atoms with van der Waals surface area (Å²) in [4.78, 5) is 4.70. The van der Waals surface area contributed by atoms with E-state index in [0.29, 0.717) is 5.92 Å². The zero-order chi connectivity index (χ0) is 13.8. The van der Waals surface area contributed by atoms with Gasteiger partial charge in [0.25, 0.3) is 0 Å². The fraction of sp³-hybridized carbons (Fsp3) is 0.533. The van der Waals surface area contributed by atoms with Gasteiger partial charge in [0.05, 0.1) is 22.6 Å². The molecule has 1 aromatic heterocycles. The second-order valence-electron chi connectivity index (χ2n) is 5.31. The van der Waals surface area contributed by atoms with Crippen LogP contribution in [0, 0.1) is 5.92 Å². The molecule has 0 saturated carbocycles. The molecule has 19 heavy (non-hydrogen) atoms. The lowest BCUT2D eigenvalue weighted by atomic mass is 10.2. The molecule has 0 radical (unpaired) electrons. The maximum Gasteiger partial charge on any atom is 0.123 e. The number of rotatable bonds is 6. The molecule has 2 rings (SSSR count). The summed E-state index contributed by atoms with van der Waals surface area (Å²) >= 11 is 6.31. The van der Waals surface area contributed by atoms with Crippen LogP contribution in [-0.2, 0) is 13.1 Å². The van der Waals surface area contributed by atoms with Crippen molar-refractivity contribution in [1.29, 1.82) is 0 Å². The normalized spacial score (nSPS) is 11.6. The molecule has 0 aliphatic rings. The molecule has 104 valence electrons. The Hall–Kier alpha value is -1.06. The maximum atomic E-state index is 6.31. The van der Waals surface area contributed by atoms with Crippen LogP contribution in [0.2, 0.25) is 5.02 Å². The van der Waals surface area contributed by atoms with Gasteiger partial charge >= 0.3 is 0 Å². The van der Waals surface area contributed by atoms with Gasteiger partial charge in [0.15, 0.2) is 0 Å². The van der Waals surface area contributed by atoms with E-state index in [2.05, 4.69) is 30.7 Å². The zero-order valence-electron chi connectivity index (χ0n) is 11.9. The number of para-hydroxylation sites is 1. The lowest BCUT2D eigenvalue weighted by Gasteiger charge is -2.10. The third kappa shape index (κ3) is 3.28. The number of imidazole rings is 1. The highest BCUT2D eigenvalue weighted by atomic mass is 35.5. The Kier molecular flexibility index (Phi) is 4.83. The number of aromatic nitrogens is 2. The zero-order valence-corrected chi connectivity index (χ0v) is 12.7. The second-order valence-corrected chi connectivity index (χ2v) is 5.72. The average Bonchev–Trinajstić information content (AvgIpc) is 2.69. The van der Waals surface area contributed by atoms with E-state index in [4.69, 9.17) is 16.6 Å². The predicted molar refractivity (Wildman–Crippen MR) is 81.6 cm³/mol. The summed E-state index contributed by atoms with van der Waals surface area (Å²) in [6, 6.07) is 5.92. The number of fused-ring (bicyclic) bond motifs is 1. The number of nitrogens with one attached hydrogen (secondary N) is 1. The molecular formula is C15H22ClN3. The molecule has 1 heterocycles. The van der Waals surface area contributed by atoms with Gasteiger partial charge in [-0.2, -0.15) is 0 Å². The Labute approximate surface area is 120 Å². The van der Waals surface area contributed by atoms with Gasteiger partial charge in [-0.25, -0.2) is 4.98 Å². The monoisotopic (exact) mass is 279 g/mol. The molecule has 2 aromatic rings. The minimum absolute atomic E-state index is 0.646. The summed E-state index contributed by atoms with van der Waals surface area (Å²) in [5.41, 5.74) is 2.05. The summed E-state index contributed by atoms with van der Waals surface area (Å²) in [6.45, 7) is 9.34. The standard InChI is InChI=1S/C15H22ClN3/c1-4-8-19-14(10-17-9-11(2)3)18-13-7-5-6-12(16)15(13)19/h5-7,11,17H,4,8-10H2,1-3H3. The van der Waals surface area contributed by atoms with Gasteiger partial charge in [-0.1, -0.05) is 38.4 Å². The third-order valence-corrected chi connectivity index (χ3v) is 3.38. The fourth-order valence-corrected chi connectivity index (χ4v) is 2.53. The van der Waals surface area contributed by atoms with E-state index in [1.807, 2.05) is 18.2 Å². The average molecular weight is 280 g/mol. The Bertz CT molecular complexity index is 546. The topological polar surface area (TPSA) is 29.9 Å². The van der Waals surface area contributed by atoms with E-state index >= 15 is 0 Å². The molecule has 0 aliphatic carbocycles. The van der Waals surface area contributed by atoms with Gasteiger partial charge < -0.3 is 9.88 Å². The number of hydrogen-bond donors (Lipinski definition) is 1. The van der Waals surface area contributed by atoms with Gasteiger partial charge in [0.2, 0.25) is 0 Å². The molecule has 0 amide bonds. The fourth-order valence-electron chi connectivity index (χ4n) is 2.26. The number of nitrogens with zero attached hydrogens (tertiary/aromatic N) is 2. The van der Waals surface area contributed by atoms with Gasteiger partial charge in [-0.3, -0.25) is 0 Å². The Morgan fingerprint density at radius 2 is 2.16 bits per heavy atom. The molecule has 0 unspecified atom stereocenters. The van der Waals surface area contributed by atoms with E-state index in [1.54, 1.807) is 0 Å². The van der Waals surface area contributed by atoms with Crippen LogP contribution >= 0.6 is 11.6 Å². The molecule has 0 spiro atoms. The van der Waals surface area contributed by atoms with Crippen molar-refractivity contribution in [3.63, 3.8) is 0 Å². The molecule has 1 aromatic carbocycles. The van der Waals surface area contributed by atoms with E-state index in [0.717, 1.165) is 47.9 Å². The van der Waals surface area contributed by atoms with Crippen LogP contribution in [0.3, 0.4) is 0 Å². The summed E-state index contributed by atoms with van der Waals surface area (Å²) in [5, 5.41) is 4.24. The van der Waals surface area contributed by atoms with Crippen molar-refractivity contribution >= 4 is 22.6 Å². The van der Waals surface area contributed by atoms with E-state index in [9.17, 15) is 0 Å². The smallest absolute Gasteiger partial charge is 0.123 e. The molecule has 0 saturated heterocycles. The van der Waals surface area contributed by atoms with Crippen molar-refractivity contribution in [1.82, 2.24) is 14.9 Å². The van der Waals surface area contributed by atoms with Crippen LogP contribution < -0.4 is 5.32 Å². The van der Waals surface area contributed by atoms with Gasteiger partial charge in [0, 0.05) is 6.54 Å². The molecule has 3 nitrogen and oxygen atoms in total. The lowest BCUT2D eigenvalue weighted by molar-refractivity contribution is 0.528. The van der Waals surface area contributed by atoms with Crippen LogP contribution in [0.5, 0.6) is 0 Å². The van der Waals surface area contributed by atoms with Crippen molar-refractivity contribution in [2.24, 2.45) is 5.92 Å². The highest BCUT2D eigenvalue weighted by Crippen LogP contribution is 2.24. The largest absolute Gasteiger partial charge is 0.326 e. The lowest BCUT2D eigenvalue weighted by Crippen LogP contribution is -2.21. The Balaban J connectivity index is 2.31. The summed E-state index contributed by atoms with van der Waals surface area (Å²) in [7, 11) is 0. The first kappa shape index (κ1) is 14.4. The number of aryl methyl sites for hydroxylation is 1. The van der Waals surface area contributed by atoms with Crippen LogP contribution in [0.4, 0.5) is 0 Å². The van der Waals surface area contributed by atoms with E-state index in [-0.39, 0.29) is 0 Å². The summed E-state index contributed by atoms with van der Waals surface area (Å²) < 4.78 is 2.24. The second kappa shape index (κ2) is 6.40. The predicted octanol–water partition coefficient (Wildman–Crippen LogP) is 3.85. The van der Waals surface area contributed by atoms with Gasteiger partial charge in [-0.15, -0.1) is 0 Å². The molecule has 4 heteroatoms. The number of hydrogen-bond acceptors (Lipinski definition) is 2.